The number of anilines is 1. The average Bonchev–Trinajstić information content (AvgIpc) is 3.24. The second-order valence-electron chi connectivity index (χ2n) is 10.0. The molecule has 2 N–H and O–H groups in total. The number of nitrogens with zero attached hydrogens (tertiary/aromatic N) is 4. The molecular weight excluding hydrogens is 501 g/mol. The van der Waals surface area contributed by atoms with E-state index >= 15 is 0 Å². The quantitative estimate of drug-likeness (QED) is 0.387. The lowest BCUT2D eigenvalue weighted by Crippen LogP contribution is -2.54. The maximum Gasteiger partial charge on any atom is 0.475 e. The van der Waals surface area contributed by atoms with Crippen LogP contribution in [0, 0.1) is 5.41 Å². The van der Waals surface area contributed by atoms with Crippen molar-refractivity contribution in [3.8, 4) is 0 Å². The minimum atomic E-state index is -3.86. The first-order valence-electron chi connectivity index (χ1n) is 11.5. The van der Waals surface area contributed by atoms with Gasteiger partial charge in [-0.2, -0.15) is 9.97 Å². The summed E-state index contributed by atoms with van der Waals surface area (Å²) >= 11 is 6.07. The third-order valence-electron chi connectivity index (χ3n) is 5.75. The standard InChI is InChI=1S/C21H33ClN5O7P/c1-11(2)33-35(28,34-12(3)4)30-8-13-15-21(7,9-29-20(5,6)32-15)18(31-13)27-10-24-14-16(23)25-19(22)26-17(14)27/h10-13,15,18H,8-9H2,1-7H3,(H2,23,25,26)/t13-,15-,18-,21-/m1/s1. The van der Waals surface area contributed by atoms with Gasteiger partial charge < -0.3 is 19.9 Å². The predicted octanol–water partition coefficient (Wildman–Crippen LogP) is 4.09. The lowest BCUT2D eigenvalue weighted by atomic mass is 9.81. The topological polar surface area (TPSA) is 142 Å². The van der Waals surface area contributed by atoms with Crippen LogP contribution in [0.25, 0.3) is 11.2 Å². The van der Waals surface area contributed by atoms with Gasteiger partial charge in [0.2, 0.25) is 5.28 Å². The van der Waals surface area contributed by atoms with Crippen LogP contribution in [0.2, 0.25) is 5.28 Å². The molecule has 4 heterocycles. The molecular formula is C21H33ClN5O7P. The Labute approximate surface area is 209 Å². The van der Waals surface area contributed by atoms with Gasteiger partial charge in [0.1, 0.15) is 24.0 Å². The van der Waals surface area contributed by atoms with Gasteiger partial charge in [-0.1, -0.05) is 6.92 Å². The highest BCUT2D eigenvalue weighted by Crippen LogP contribution is 2.55. The Balaban J connectivity index is 1.67. The van der Waals surface area contributed by atoms with Crippen molar-refractivity contribution in [1.82, 2.24) is 19.5 Å². The molecule has 0 unspecified atom stereocenters. The van der Waals surface area contributed by atoms with Crippen LogP contribution in [-0.2, 0) is 32.3 Å². The van der Waals surface area contributed by atoms with Crippen molar-refractivity contribution < 1.29 is 32.3 Å². The Kier molecular flexibility index (Phi) is 7.24. The van der Waals surface area contributed by atoms with E-state index in [1.165, 1.54) is 0 Å². The lowest BCUT2D eigenvalue weighted by molar-refractivity contribution is -0.314. The normalized spacial score (nSPS) is 28.8. The molecule has 12 nitrogen and oxygen atoms in total. The number of nitrogen functional groups attached to an aromatic ring is 1. The van der Waals surface area contributed by atoms with Crippen LogP contribution in [-0.4, -0.2) is 62.9 Å². The van der Waals surface area contributed by atoms with E-state index in [0.29, 0.717) is 17.8 Å². The van der Waals surface area contributed by atoms with Gasteiger partial charge in [0.15, 0.2) is 17.3 Å². The molecule has 0 saturated carbocycles. The van der Waals surface area contributed by atoms with E-state index in [2.05, 4.69) is 15.0 Å². The Morgan fingerprint density at radius 1 is 1.23 bits per heavy atom. The molecule has 2 aromatic heterocycles. The molecule has 0 aliphatic carbocycles. The Bertz CT molecular complexity index is 1110. The number of hydrogen-bond donors (Lipinski definition) is 1. The molecule has 0 amide bonds. The van der Waals surface area contributed by atoms with Crippen molar-refractivity contribution >= 4 is 36.4 Å². The zero-order valence-electron chi connectivity index (χ0n) is 20.9. The van der Waals surface area contributed by atoms with Crippen LogP contribution >= 0.6 is 19.4 Å². The van der Waals surface area contributed by atoms with Crippen molar-refractivity contribution in [1.29, 1.82) is 0 Å². The molecule has 14 heteroatoms. The summed E-state index contributed by atoms with van der Waals surface area (Å²) < 4.78 is 50.6. The predicted molar refractivity (Wildman–Crippen MR) is 128 cm³/mol. The minimum absolute atomic E-state index is 0.00813. The maximum atomic E-state index is 13.3. The fourth-order valence-electron chi connectivity index (χ4n) is 4.35. The van der Waals surface area contributed by atoms with Crippen LogP contribution in [0.1, 0.15) is 54.7 Å². The van der Waals surface area contributed by atoms with E-state index in [4.69, 9.17) is 45.1 Å². The average molecular weight is 534 g/mol. The van der Waals surface area contributed by atoms with Crippen LogP contribution in [0.5, 0.6) is 0 Å². The third-order valence-corrected chi connectivity index (χ3v) is 7.74. The van der Waals surface area contributed by atoms with Gasteiger partial charge in [-0.25, -0.2) is 9.55 Å². The van der Waals surface area contributed by atoms with Gasteiger partial charge in [-0.05, 0) is 53.1 Å². The number of phosphoric ester groups is 1. The zero-order chi connectivity index (χ0) is 25.8. The number of fused-ring (bicyclic) bond motifs is 2. The maximum absolute atomic E-state index is 13.3. The van der Waals surface area contributed by atoms with Gasteiger partial charge in [0.05, 0.1) is 37.2 Å². The molecule has 196 valence electrons. The number of ether oxygens (including phenoxy) is 3. The second-order valence-corrected chi connectivity index (χ2v) is 11.9. The van der Waals surface area contributed by atoms with Crippen molar-refractivity contribution in [2.45, 2.75) is 84.9 Å². The van der Waals surface area contributed by atoms with Crippen molar-refractivity contribution in [2.75, 3.05) is 18.9 Å². The Morgan fingerprint density at radius 2 is 1.89 bits per heavy atom. The molecule has 2 fully saturated rings. The summed E-state index contributed by atoms with van der Waals surface area (Å²) in [5.41, 5.74) is 6.11. The van der Waals surface area contributed by atoms with Gasteiger partial charge >= 0.3 is 7.82 Å². The molecule has 4 rings (SSSR count). The molecule has 35 heavy (non-hydrogen) atoms. The number of aromatic nitrogens is 4. The fraction of sp³-hybridized carbons (Fsp3) is 0.762. The summed E-state index contributed by atoms with van der Waals surface area (Å²) in [5, 5.41) is -0.00813. The van der Waals surface area contributed by atoms with E-state index in [0.717, 1.165) is 0 Å². The van der Waals surface area contributed by atoms with E-state index in [1.807, 2.05) is 20.8 Å². The Hall–Kier alpha value is -1.37. The molecule has 2 saturated heterocycles. The summed E-state index contributed by atoms with van der Waals surface area (Å²) in [7, 11) is -3.86. The van der Waals surface area contributed by atoms with Crippen LogP contribution in [0.15, 0.2) is 6.33 Å². The first-order valence-corrected chi connectivity index (χ1v) is 13.3. The van der Waals surface area contributed by atoms with Crippen LogP contribution in [0.4, 0.5) is 5.82 Å². The van der Waals surface area contributed by atoms with Crippen molar-refractivity contribution in [2.24, 2.45) is 5.41 Å². The van der Waals surface area contributed by atoms with Gasteiger partial charge in [-0.3, -0.25) is 18.1 Å². The number of phosphoric acid groups is 1. The van der Waals surface area contributed by atoms with Crippen molar-refractivity contribution in [3.05, 3.63) is 11.6 Å². The number of halogens is 1. The highest BCUT2D eigenvalue weighted by molar-refractivity contribution is 7.48. The second kappa shape index (κ2) is 9.50. The summed E-state index contributed by atoms with van der Waals surface area (Å²) in [6.45, 7) is 12.9. The lowest BCUT2D eigenvalue weighted by Gasteiger charge is -2.45. The molecule has 0 aromatic carbocycles. The summed E-state index contributed by atoms with van der Waals surface area (Å²) in [6, 6.07) is 0. The molecule has 0 spiro atoms. The van der Waals surface area contributed by atoms with Crippen LogP contribution < -0.4 is 5.73 Å². The monoisotopic (exact) mass is 533 g/mol. The fourth-order valence-corrected chi connectivity index (χ4v) is 6.05. The minimum Gasteiger partial charge on any atom is -0.382 e. The van der Waals surface area contributed by atoms with E-state index in [1.54, 1.807) is 38.6 Å². The smallest absolute Gasteiger partial charge is 0.382 e. The molecule has 4 atom stereocenters. The van der Waals surface area contributed by atoms with Crippen molar-refractivity contribution in [3.63, 3.8) is 0 Å². The number of imidazole rings is 1. The van der Waals surface area contributed by atoms with E-state index < -0.39 is 37.5 Å². The van der Waals surface area contributed by atoms with E-state index in [-0.39, 0.29) is 29.9 Å². The first kappa shape index (κ1) is 26.7. The molecule has 0 radical (unpaired) electrons. The number of hydrogen-bond acceptors (Lipinski definition) is 11. The SMILES string of the molecule is CC(C)OP(=O)(OC[C@H]1O[C@@H](n2cnc3c(N)nc(Cl)nc32)[C@]2(C)COC(C)(C)O[C@H]12)OC(C)C. The Morgan fingerprint density at radius 3 is 2.51 bits per heavy atom. The molecule has 2 aromatic rings. The van der Waals surface area contributed by atoms with Gasteiger partial charge in [0.25, 0.3) is 0 Å². The first-order chi connectivity index (χ1) is 16.2. The van der Waals surface area contributed by atoms with Crippen LogP contribution in [0.3, 0.4) is 0 Å². The van der Waals surface area contributed by atoms with E-state index in [9.17, 15) is 4.57 Å². The molecule has 0 bridgehead atoms. The summed E-state index contributed by atoms with van der Waals surface area (Å²) in [6.07, 6.45) is -0.935. The number of rotatable bonds is 8. The number of nitrogens with two attached hydrogens (primary N) is 1. The molecule has 2 aliphatic rings. The molecule has 2 aliphatic heterocycles. The zero-order valence-corrected chi connectivity index (χ0v) is 22.6. The largest absolute Gasteiger partial charge is 0.475 e. The summed E-state index contributed by atoms with van der Waals surface area (Å²) in [5.74, 6) is -0.701. The highest BCUT2D eigenvalue weighted by atomic mass is 35.5. The van der Waals surface area contributed by atoms with Gasteiger partial charge in [0, 0.05) is 0 Å². The highest BCUT2D eigenvalue weighted by Gasteiger charge is 2.60. The third kappa shape index (κ3) is 5.35. The van der Waals surface area contributed by atoms with Gasteiger partial charge in [-0.15, -0.1) is 0 Å². The summed E-state index contributed by atoms with van der Waals surface area (Å²) in [4.78, 5) is 12.6.